The van der Waals surface area contributed by atoms with Gasteiger partial charge < -0.3 is 5.73 Å². The molecule has 1 aromatic carbocycles. The number of nitrogens with zero attached hydrogens (tertiary/aromatic N) is 1. The monoisotopic (exact) mass is 237 g/mol. The van der Waals surface area contributed by atoms with E-state index in [1.807, 2.05) is 19.1 Å². The molecule has 0 aliphatic rings. The minimum Gasteiger partial charge on any atom is -0.326 e. The number of nitrogens with one attached hydrogen (secondary N) is 1. The fourth-order valence-electron chi connectivity index (χ4n) is 1.64. The van der Waals surface area contributed by atoms with Gasteiger partial charge in [-0.2, -0.15) is 0 Å². The van der Waals surface area contributed by atoms with Crippen LogP contribution < -0.4 is 11.3 Å². The van der Waals surface area contributed by atoms with Gasteiger partial charge in [-0.3, -0.25) is 14.6 Å². The number of nitrogens with two attached hydrogens (primary N) is 1. The maximum Gasteiger partial charge on any atom is 0.269 e. The van der Waals surface area contributed by atoms with Crippen LogP contribution in [0.15, 0.2) is 29.1 Å². The molecule has 0 unspecified atom stereocenters. The zero-order chi connectivity index (χ0) is 11.7. The van der Waals surface area contributed by atoms with Gasteiger partial charge >= 0.3 is 0 Å². The molecule has 0 spiro atoms. The Morgan fingerprint density at radius 1 is 1.38 bits per heavy atom. The SMILES string of the molecule is Cc1c(CN)c(=O)[nH]n1-c1ccc(Cl)cc1. The van der Waals surface area contributed by atoms with Crippen molar-refractivity contribution in [3.8, 4) is 5.69 Å². The van der Waals surface area contributed by atoms with Crippen LogP contribution in [0, 0.1) is 6.92 Å². The summed E-state index contributed by atoms with van der Waals surface area (Å²) >= 11 is 5.80. The van der Waals surface area contributed by atoms with E-state index in [1.165, 1.54) is 0 Å². The fourth-order valence-corrected chi connectivity index (χ4v) is 1.77. The van der Waals surface area contributed by atoms with Gasteiger partial charge in [0, 0.05) is 17.3 Å². The predicted octanol–water partition coefficient (Wildman–Crippen LogP) is 1.59. The van der Waals surface area contributed by atoms with Gasteiger partial charge in [0.2, 0.25) is 0 Å². The molecular formula is C11H12ClN3O. The van der Waals surface area contributed by atoms with Crippen LogP contribution in [0.25, 0.3) is 5.69 Å². The molecule has 0 atom stereocenters. The van der Waals surface area contributed by atoms with Gasteiger partial charge in [0.05, 0.1) is 11.3 Å². The Bertz CT molecular complexity index is 554. The highest BCUT2D eigenvalue weighted by molar-refractivity contribution is 6.30. The molecule has 16 heavy (non-hydrogen) atoms. The van der Waals surface area contributed by atoms with Crippen LogP contribution in [0.4, 0.5) is 0 Å². The smallest absolute Gasteiger partial charge is 0.269 e. The first-order valence-corrected chi connectivity index (χ1v) is 5.28. The average Bonchev–Trinajstić information content (AvgIpc) is 2.55. The second-order valence-corrected chi connectivity index (χ2v) is 3.96. The minimum absolute atomic E-state index is 0.144. The molecule has 0 aliphatic carbocycles. The molecule has 0 saturated carbocycles. The molecule has 0 radical (unpaired) electrons. The van der Waals surface area contributed by atoms with Gasteiger partial charge in [0.1, 0.15) is 0 Å². The number of hydrogen-bond acceptors (Lipinski definition) is 2. The first-order valence-electron chi connectivity index (χ1n) is 4.90. The fraction of sp³-hybridized carbons (Fsp3) is 0.182. The second-order valence-electron chi connectivity index (χ2n) is 3.52. The normalized spacial score (nSPS) is 10.7. The summed E-state index contributed by atoms with van der Waals surface area (Å²) in [7, 11) is 0. The van der Waals surface area contributed by atoms with Crippen molar-refractivity contribution in [3.05, 3.63) is 50.9 Å². The van der Waals surface area contributed by atoms with E-state index in [-0.39, 0.29) is 12.1 Å². The lowest BCUT2D eigenvalue weighted by Gasteiger charge is -2.05. The first kappa shape index (κ1) is 11.0. The van der Waals surface area contributed by atoms with Gasteiger partial charge in [-0.15, -0.1) is 0 Å². The summed E-state index contributed by atoms with van der Waals surface area (Å²) in [4.78, 5) is 11.5. The van der Waals surface area contributed by atoms with Crippen molar-refractivity contribution in [2.75, 3.05) is 0 Å². The quantitative estimate of drug-likeness (QED) is 0.833. The highest BCUT2D eigenvalue weighted by Crippen LogP contribution is 2.14. The number of halogens is 1. The number of aromatic amines is 1. The summed E-state index contributed by atoms with van der Waals surface area (Å²) < 4.78 is 1.71. The van der Waals surface area contributed by atoms with E-state index in [2.05, 4.69) is 5.10 Å². The van der Waals surface area contributed by atoms with Gasteiger partial charge in [0.25, 0.3) is 5.56 Å². The highest BCUT2D eigenvalue weighted by atomic mass is 35.5. The van der Waals surface area contributed by atoms with Crippen molar-refractivity contribution >= 4 is 11.6 Å². The van der Waals surface area contributed by atoms with Crippen molar-refractivity contribution in [2.45, 2.75) is 13.5 Å². The van der Waals surface area contributed by atoms with Crippen molar-refractivity contribution < 1.29 is 0 Å². The molecular weight excluding hydrogens is 226 g/mol. The Morgan fingerprint density at radius 2 is 2.00 bits per heavy atom. The zero-order valence-electron chi connectivity index (χ0n) is 8.83. The molecule has 3 N–H and O–H groups in total. The molecule has 0 saturated heterocycles. The first-order chi connectivity index (χ1) is 7.63. The lowest BCUT2D eigenvalue weighted by molar-refractivity contribution is 0.833. The van der Waals surface area contributed by atoms with E-state index in [9.17, 15) is 4.79 Å². The third-order valence-electron chi connectivity index (χ3n) is 2.55. The molecule has 5 heteroatoms. The lowest BCUT2D eigenvalue weighted by atomic mass is 10.2. The standard InChI is InChI=1S/C11H12ClN3O/c1-7-10(6-13)11(16)14-15(7)9-4-2-8(12)3-5-9/h2-5H,6,13H2,1H3,(H,14,16). The van der Waals surface area contributed by atoms with Crippen LogP contribution in [0.5, 0.6) is 0 Å². The topological polar surface area (TPSA) is 63.8 Å². The average molecular weight is 238 g/mol. The van der Waals surface area contributed by atoms with Gasteiger partial charge in [-0.05, 0) is 31.2 Å². The lowest BCUT2D eigenvalue weighted by Crippen LogP contribution is -2.10. The van der Waals surface area contributed by atoms with Crippen LogP contribution in [-0.4, -0.2) is 9.78 Å². The van der Waals surface area contributed by atoms with Gasteiger partial charge in [-0.25, -0.2) is 0 Å². The molecule has 1 heterocycles. The van der Waals surface area contributed by atoms with Crippen molar-refractivity contribution in [1.29, 1.82) is 0 Å². The van der Waals surface area contributed by atoms with E-state index in [0.717, 1.165) is 11.4 Å². The van der Waals surface area contributed by atoms with E-state index in [1.54, 1.807) is 16.8 Å². The van der Waals surface area contributed by atoms with Crippen LogP contribution in [0.2, 0.25) is 5.02 Å². The van der Waals surface area contributed by atoms with Crippen LogP contribution in [0.1, 0.15) is 11.3 Å². The second kappa shape index (κ2) is 4.15. The summed E-state index contributed by atoms with van der Waals surface area (Å²) in [5.41, 5.74) is 7.66. The molecule has 2 aromatic rings. The zero-order valence-corrected chi connectivity index (χ0v) is 9.58. The van der Waals surface area contributed by atoms with Crippen molar-refractivity contribution in [2.24, 2.45) is 5.73 Å². The van der Waals surface area contributed by atoms with E-state index in [0.29, 0.717) is 10.6 Å². The molecule has 2 rings (SSSR count). The van der Waals surface area contributed by atoms with Gasteiger partial charge in [0.15, 0.2) is 0 Å². The molecule has 0 amide bonds. The largest absolute Gasteiger partial charge is 0.326 e. The van der Waals surface area contributed by atoms with Crippen molar-refractivity contribution in [1.82, 2.24) is 9.78 Å². The minimum atomic E-state index is -0.144. The number of aromatic nitrogens is 2. The maximum atomic E-state index is 11.5. The van der Waals surface area contributed by atoms with Crippen LogP contribution in [0.3, 0.4) is 0 Å². The van der Waals surface area contributed by atoms with E-state index < -0.39 is 0 Å². The third-order valence-corrected chi connectivity index (χ3v) is 2.80. The highest BCUT2D eigenvalue weighted by Gasteiger charge is 2.09. The number of rotatable bonds is 2. The summed E-state index contributed by atoms with van der Waals surface area (Å²) in [6, 6.07) is 7.23. The Labute approximate surface area is 97.6 Å². The Balaban J connectivity index is 2.56. The molecule has 1 aromatic heterocycles. The van der Waals surface area contributed by atoms with E-state index in [4.69, 9.17) is 17.3 Å². The third kappa shape index (κ3) is 1.77. The predicted molar refractivity (Wildman–Crippen MR) is 64.0 cm³/mol. The van der Waals surface area contributed by atoms with Crippen LogP contribution in [-0.2, 0) is 6.54 Å². The Kier molecular flexibility index (Phi) is 2.85. The molecule has 0 fully saturated rings. The Hall–Kier alpha value is -1.52. The summed E-state index contributed by atoms with van der Waals surface area (Å²) in [5, 5.41) is 3.40. The molecule has 84 valence electrons. The number of benzene rings is 1. The number of H-pyrrole nitrogens is 1. The summed E-state index contributed by atoms with van der Waals surface area (Å²) in [6.07, 6.45) is 0. The van der Waals surface area contributed by atoms with Gasteiger partial charge in [-0.1, -0.05) is 11.6 Å². The van der Waals surface area contributed by atoms with Crippen molar-refractivity contribution in [3.63, 3.8) is 0 Å². The molecule has 4 nitrogen and oxygen atoms in total. The summed E-state index contributed by atoms with van der Waals surface area (Å²) in [6.45, 7) is 2.09. The Morgan fingerprint density at radius 3 is 2.50 bits per heavy atom. The number of hydrogen-bond donors (Lipinski definition) is 2. The molecule has 0 bridgehead atoms. The summed E-state index contributed by atoms with van der Waals surface area (Å²) in [5.74, 6) is 0. The maximum absolute atomic E-state index is 11.5. The molecule has 0 aliphatic heterocycles. The van der Waals surface area contributed by atoms with E-state index >= 15 is 0 Å². The van der Waals surface area contributed by atoms with Crippen LogP contribution >= 0.6 is 11.6 Å².